The molecule has 74 valence electrons. The van der Waals surface area contributed by atoms with Crippen molar-refractivity contribution in [3.8, 4) is 0 Å². The normalized spacial score (nSPS) is 18.8. The number of carboxylic acid groups (broad SMARTS) is 1. The molecule has 1 saturated carbocycles. The van der Waals surface area contributed by atoms with E-state index in [0.717, 1.165) is 12.8 Å². The molecule has 0 bridgehead atoms. The highest BCUT2D eigenvalue weighted by atomic mass is 16.4. The van der Waals surface area contributed by atoms with Crippen molar-refractivity contribution in [2.45, 2.75) is 38.6 Å². The van der Waals surface area contributed by atoms with Crippen LogP contribution in [-0.2, 0) is 9.59 Å². The Labute approximate surface area is 77.3 Å². The van der Waals surface area contributed by atoms with E-state index >= 15 is 0 Å². The monoisotopic (exact) mass is 185 g/mol. The first-order valence-corrected chi connectivity index (χ1v) is 4.59. The van der Waals surface area contributed by atoms with E-state index < -0.39 is 12.0 Å². The van der Waals surface area contributed by atoms with Crippen molar-refractivity contribution < 1.29 is 14.7 Å². The number of aliphatic carboxylic acids is 1. The molecule has 1 atom stereocenters. The number of nitrogens with one attached hydrogen (secondary N) is 1. The molecule has 0 aromatic heterocycles. The molecule has 0 radical (unpaired) electrons. The molecule has 2 N–H and O–H groups in total. The van der Waals surface area contributed by atoms with E-state index in [1.807, 2.05) is 0 Å². The van der Waals surface area contributed by atoms with Crippen LogP contribution in [0.4, 0.5) is 0 Å². The first-order valence-electron chi connectivity index (χ1n) is 4.59. The zero-order chi connectivity index (χ0) is 9.84. The third-order valence-electron chi connectivity index (χ3n) is 2.47. The third kappa shape index (κ3) is 3.05. The molecule has 0 spiro atoms. The Bertz CT molecular complexity index is 211. The fourth-order valence-corrected chi connectivity index (χ4v) is 1.53. The van der Waals surface area contributed by atoms with Crippen LogP contribution in [0.25, 0.3) is 0 Å². The maximum atomic E-state index is 10.7. The summed E-state index contributed by atoms with van der Waals surface area (Å²) < 4.78 is 0. The first kappa shape index (κ1) is 10.0. The second-order valence-corrected chi connectivity index (χ2v) is 3.62. The van der Waals surface area contributed by atoms with Gasteiger partial charge in [0.2, 0.25) is 5.91 Å². The molecule has 4 nitrogen and oxygen atoms in total. The summed E-state index contributed by atoms with van der Waals surface area (Å²) in [6, 6.07) is -0.692. The van der Waals surface area contributed by atoms with Crippen molar-refractivity contribution in [2.24, 2.45) is 5.92 Å². The van der Waals surface area contributed by atoms with E-state index in [0.29, 0.717) is 12.3 Å². The highest BCUT2D eigenvalue weighted by Gasteiger charge is 2.26. The Morgan fingerprint density at radius 3 is 2.46 bits per heavy atom. The molecule has 0 aromatic rings. The Kier molecular flexibility index (Phi) is 3.28. The molecule has 1 amide bonds. The van der Waals surface area contributed by atoms with Gasteiger partial charge in [0.1, 0.15) is 6.04 Å². The quantitative estimate of drug-likeness (QED) is 0.679. The average molecular weight is 185 g/mol. The highest BCUT2D eigenvalue weighted by Crippen LogP contribution is 2.30. The summed E-state index contributed by atoms with van der Waals surface area (Å²) in [5.41, 5.74) is 0. The van der Waals surface area contributed by atoms with Gasteiger partial charge in [-0.15, -0.1) is 0 Å². The number of carboxylic acids is 1. The lowest BCUT2D eigenvalue weighted by Crippen LogP contribution is -2.41. The van der Waals surface area contributed by atoms with Crippen LogP contribution >= 0.6 is 0 Å². The summed E-state index contributed by atoms with van der Waals surface area (Å²) in [5, 5.41) is 11.2. The smallest absolute Gasteiger partial charge is 0.326 e. The fourth-order valence-electron chi connectivity index (χ4n) is 1.53. The summed E-state index contributed by atoms with van der Waals surface area (Å²) in [7, 11) is 0. The van der Waals surface area contributed by atoms with Crippen molar-refractivity contribution in [1.82, 2.24) is 5.32 Å². The molecular formula is C9H15NO3. The van der Waals surface area contributed by atoms with Crippen LogP contribution in [0, 0.1) is 5.92 Å². The van der Waals surface area contributed by atoms with Gasteiger partial charge in [-0.1, -0.05) is 19.3 Å². The van der Waals surface area contributed by atoms with Gasteiger partial charge in [0.25, 0.3) is 0 Å². The van der Waals surface area contributed by atoms with Gasteiger partial charge in [-0.2, -0.15) is 0 Å². The summed E-state index contributed by atoms with van der Waals surface area (Å²) in [4.78, 5) is 21.4. The van der Waals surface area contributed by atoms with Gasteiger partial charge < -0.3 is 10.4 Å². The van der Waals surface area contributed by atoms with Crippen LogP contribution in [0.2, 0.25) is 0 Å². The van der Waals surface area contributed by atoms with Crippen molar-refractivity contribution in [1.29, 1.82) is 0 Å². The molecule has 1 fully saturated rings. The first-order chi connectivity index (χ1) is 6.09. The van der Waals surface area contributed by atoms with Gasteiger partial charge in [0.05, 0.1) is 0 Å². The van der Waals surface area contributed by atoms with Gasteiger partial charge >= 0.3 is 5.97 Å². The zero-order valence-electron chi connectivity index (χ0n) is 7.75. The van der Waals surface area contributed by atoms with E-state index in [4.69, 9.17) is 5.11 Å². The van der Waals surface area contributed by atoms with E-state index in [9.17, 15) is 9.59 Å². The largest absolute Gasteiger partial charge is 0.480 e. The van der Waals surface area contributed by atoms with E-state index in [1.54, 1.807) is 0 Å². The summed E-state index contributed by atoms with van der Waals surface area (Å²) >= 11 is 0. The second kappa shape index (κ2) is 4.25. The minimum absolute atomic E-state index is 0.272. The summed E-state index contributed by atoms with van der Waals surface area (Å²) in [5.74, 6) is -0.707. The molecule has 1 aliphatic rings. The van der Waals surface area contributed by atoms with Gasteiger partial charge in [0.15, 0.2) is 0 Å². The van der Waals surface area contributed by atoms with Crippen LogP contribution in [0.15, 0.2) is 0 Å². The summed E-state index contributed by atoms with van der Waals surface area (Å²) in [6.07, 6.45) is 3.97. The predicted molar refractivity (Wildman–Crippen MR) is 47.2 cm³/mol. The van der Waals surface area contributed by atoms with Crippen LogP contribution in [-0.4, -0.2) is 23.0 Å². The lowest BCUT2D eigenvalue weighted by atomic mass is 9.81. The van der Waals surface area contributed by atoms with E-state index in [-0.39, 0.29) is 5.91 Å². The molecule has 1 rings (SSSR count). The molecule has 0 heterocycles. The summed E-state index contributed by atoms with van der Waals surface area (Å²) in [6.45, 7) is 1.34. The molecule has 13 heavy (non-hydrogen) atoms. The molecule has 0 aliphatic heterocycles. The SMILES string of the molecule is CC(=O)N[C@H](CC1CCC1)C(=O)O. The molecule has 1 aliphatic carbocycles. The Morgan fingerprint density at radius 2 is 2.15 bits per heavy atom. The molecule has 0 unspecified atom stereocenters. The van der Waals surface area contributed by atoms with Crippen molar-refractivity contribution >= 4 is 11.9 Å². The molecule has 4 heteroatoms. The number of carbonyl (C=O) groups is 2. The third-order valence-corrected chi connectivity index (χ3v) is 2.47. The van der Waals surface area contributed by atoms with E-state index in [2.05, 4.69) is 5.32 Å². The standard InChI is InChI=1S/C9H15NO3/c1-6(11)10-8(9(12)13)5-7-3-2-4-7/h7-8H,2-5H2,1H3,(H,10,11)(H,12,13)/t8-/m1/s1. The number of hydrogen-bond donors (Lipinski definition) is 2. The van der Waals surface area contributed by atoms with Gasteiger partial charge in [-0.3, -0.25) is 4.79 Å². The number of hydrogen-bond acceptors (Lipinski definition) is 2. The predicted octanol–water partition coefficient (Wildman–Crippen LogP) is 0.766. The van der Waals surface area contributed by atoms with Gasteiger partial charge in [-0.05, 0) is 12.3 Å². The van der Waals surface area contributed by atoms with Crippen LogP contribution < -0.4 is 5.32 Å². The van der Waals surface area contributed by atoms with Crippen LogP contribution in [0.1, 0.15) is 32.6 Å². The topological polar surface area (TPSA) is 66.4 Å². The molecule has 0 saturated heterocycles. The van der Waals surface area contributed by atoms with Crippen LogP contribution in [0.3, 0.4) is 0 Å². The molecule has 0 aromatic carbocycles. The van der Waals surface area contributed by atoms with Crippen molar-refractivity contribution in [3.05, 3.63) is 0 Å². The maximum Gasteiger partial charge on any atom is 0.326 e. The Morgan fingerprint density at radius 1 is 1.54 bits per heavy atom. The Hall–Kier alpha value is -1.06. The average Bonchev–Trinajstić information content (AvgIpc) is 1.92. The fraction of sp³-hybridized carbons (Fsp3) is 0.778. The van der Waals surface area contributed by atoms with Crippen LogP contribution in [0.5, 0.6) is 0 Å². The zero-order valence-corrected chi connectivity index (χ0v) is 7.75. The maximum absolute atomic E-state index is 10.7. The van der Waals surface area contributed by atoms with Crippen molar-refractivity contribution in [2.75, 3.05) is 0 Å². The Balaban J connectivity index is 2.36. The number of rotatable bonds is 4. The lowest BCUT2D eigenvalue weighted by Gasteiger charge is -2.28. The molecular weight excluding hydrogens is 170 g/mol. The minimum Gasteiger partial charge on any atom is -0.480 e. The lowest BCUT2D eigenvalue weighted by molar-refractivity contribution is -0.142. The second-order valence-electron chi connectivity index (χ2n) is 3.62. The van der Waals surface area contributed by atoms with Crippen molar-refractivity contribution in [3.63, 3.8) is 0 Å². The van der Waals surface area contributed by atoms with Gasteiger partial charge in [0, 0.05) is 6.92 Å². The van der Waals surface area contributed by atoms with E-state index in [1.165, 1.54) is 13.3 Å². The minimum atomic E-state index is -0.929. The number of amides is 1. The van der Waals surface area contributed by atoms with Gasteiger partial charge in [-0.25, -0.2) is 4.79 Å². The highest BCUT2D eigenvalue weighted by molar-refractivity contribution is 5.82. The number of carbonyl (C=O) groups excluding carboxylic acids is 1.